The zero-order valence-corrected chi connectivity index (χ0v) is 9.16. The van der Waals surface area contributed by atoms with Crippen molar-refractivity contribution in [1.29, 1.82) is 0 Å². The molecule has 0 aromatic carbocycles. The monoisotopic (exact) mass is 166 g/mol. The Bertz CT molecular complexity index is 40.2. The Kier molecular flexibility index (Phi) is 9.71. The molecule has 1 unspecified atom stereocenters. The average Bonchev–Trinajstić information content (AvgIpc) is 1.89. The predicted octanol–water partition coefficient (Wildman–Crippen LogP) is 2.93. The zero-order valence-electron chi connectivity index (χ0n) is 6.74. The van der Waals surface area contributed by atoms with Gasteiger partial charge in [-0.05, 0) is 0 Å². The van der Waals surface area contributed by atoms with Crippen LogP contribution in [0.15, 0.2) is 0 Å². The van der Waals surface area contributed by atoms with Crippen molar-refractivity contribution in [3.8, 4) is 0 Å². The fourth-order valence-corrected chi connectivity index (χ4v) is 3.52. The normalized spacial score (nSPS) is 11.8. The molecule has 0 aliphatic rings. The molecule has 0 N–H and O–H groups in total. The Morgan fingerprint density at radius 1 is 1.22 bits per heavy atom. The molecule has 0 nitrogen and oxygen atoms in total. The molecule has 0 saturated heterocycles. The third-order valence-corrected chi connectivity index (χ3v) is 5.22. The van der Waals surface area contributed by atoms with E-state index in [-0.39, 0.29) is 0 Å². The first kappa shape index (κ1) is 9.86. The maximum absolute atomic E-state index is 2.41. The molecule has 58 valence electrons. The Morgan fingerprint density at radius 2 is 2.00 bits per heavy atom. The summed E-state index contributed by atoms with van der Waals surface area (Å²) in [5.41, 5.74) is 0. The standard InChI is InChI=1S/C7H20P2/c1-3-4-5-6-7-9-8-2/h9H,3-7H2,1-2,8H3. The molecule has 0 rings (SSSR count). The molecule has 0 amide bonds. The van der Waals surface area contributed by atoms with Crippen molar-refractivity contribution in [2.24, 2.45) is 0 Å². The van der Waals surface area contributed by atoms with Gasteiger partial charge >= 0.3 is 62.0 Å². The molecule has 9 heavy (non-hydrogen) atoms. The van der Waals surface area contributed by atoms with Crippen molar-refractivity contribution in [2.45, 2.75) is 32.6 Å². The summed E-state index contributed by atoms with van der Waals surface area (Å²) in [4.78, 5) is 0. The number of rotatable bonds is 6. The maximum atomic E-state index is 2.41. The molecule has 0 bridgehead atoms. The van der Waals surface area contributed by atoms with Gasteiger partial charge < -0.3 is 0 Å². The molecule has 0 aromatic heterocycles. The van der Waals surface area contributed by atoms with Crippen LogP contribution < -0.4 is 0 Å². The molecule has 1 atom stereocenters. The van der Waals surface area contributed by atoms with Crippen LogP contribution in [0.1, 0.15) is 32.6 Å². The first-order valence-electron chi connectivity index (χ1n) is 4.12. The van der Waals surface area contributed by atoms with Crippen molar-refractivity contribution >= 4 is 16.5 Å². The Labute approximate surface area is 62.7 Å². The van der Waals surface area contributed by atoms with Crippen molar-refractivity contribution < 1.29 is 0 Å². The molecule has 0 spiro atoms. The summed E-state index contributed by atoms with van der Waals surface area (Å²) in [7, 11) is 1.77. The Morgan fingerprint density at radius 3 is 2.56 bits per heavy atom. The molecule has 2 heteroatoms. The first-order chi connectivity index (χ1) is 4.41. The SMILES string of the molecule is CCCCCCP[PH3]C. The summed E-state index contributed by atoms with van der Waals surface area (Å²) in [6.45, 7) is 4.69. The van der Waals surface area contributed by atoms with Crippen molar-refractivity contribution in [3.63, 3.8) is 0 Å². The summed E-state index contributed by atoms with van der Waals surface area (Å²) in [5, 5.41) is 0. The van der Waals surface area contributed by atoms with Gasteiger partial charge in [0.25, 0.3) is 0 Å². The summed E-state index contributed by atoms with van der Waals surface area (Å²) < 4.78 is 0. The summed E-state index contributed by atoms with van der Waals surface area (Å²) >= 11 is 0. The zero-order chi connectivity index (χ0) is 6.95. The van der Waals surface area contributed by atoms with Crippen LogP contribution in [0.4, 0.5) is 0 Å². The van der Waals surface area contributed by atoms with Gasteiger partial charge in [-0.25, -0.2) is 0 Å². The number of unbranched alkanes of at least 4 members (excludes halogenated alkanes) is 3. The molecular formula is C7H20P2. The molecule has 0 radical (unpaired) electrons. The van der Waals surface area contributed by atoms with Gasteiger partial charge in [0.2, 0.25) is 0 Å². The van der Waals surface area contributed by atoms with Gasteiger partial charge in [-0.2, -0.15) is 0 Å². The van der Waals surface area contributed by atoms with Gasteiger partial charge in [0.15, 0.2) is 0 Å². The van der Waals surface area contributed by atoms with Gasteiger partial charge in [-0.15, -0.1) is 0 Å². The van der Waals surface area contributed by atoms with E-state index in [1.165, 1.54) is 34.0 Å². The van der Waals surface area contributed by atoms with Crippen molar-refractivity contribution in [2.75, 3.05) is 12.8 Å². The van der Waals surface area contributed by atoms with E-state index in [1.807, 2.05) is 0 Å². The average molecular weight is 166 g/mol. The Balaban J connectivity index is 2.60. The van der Waals surface area contributed by atoms with Crippen LogP contribution >= 0.6 is 16.5 Å². The molecule has 0 aromatic rings. The minimum absolute atomic E-state index is 0.408. The van der Waals surface area contributed by atoms with E-state index in [1.54, 1.807) is 6.16 Å². The Hall–Kier alpha value is 0.860. The van der Waals surface area contributed by atoms with E-state index in [4.69, 9.17) is 0 Å². The fraction of sp³-hybridized carbons (Fsp3) is 1.00. The molecule has 0 aliphatic carbocycles. The summed E-state index contributed by atoms with van der Waals surface area (Å²) in [6.07, 6.45) is 7.37. The van der Waals surface area contributed by atoms with E-state index >= 15 is 0 Å². The first-order valence-corrected chi connectivity index (χ1v) is 9.07. The van der Waals surface area contributed by atoms with Gasteiger partial charge in [0.05, 0.1) is 0 Å². The van der Waals surface area contributed by atoms with Gasteiger partial charge in [-0.3, -0.25) is 0 Å². The van der Waals surface area contributed by atoms with E-state index in [0.717, 1.165) is 0 Å². The third-order valence-electron chi connectivity index (χ3n) is 1.46. The molecule has 0 saturated carbocycles. The van der Waals surface area contributed by atoms with Gasteiger partial charge in [-0.1, -0.05) is 0 Å². The predicted molar refractivity (Wildman–Crippen MR) is 54.4 cm³/mol. The van der Waals surface area contributed by atoms with Crippen molar-refractivity contribution in [1.82, 2.24) is 0 Å². The number of hydrogen-bond donors (Lipinski definition) is 0. The van der Waals surface area contributed by atoms with Crippen LogP contribution in [-0.2, 0) is 0 Å². The van der Waals surface area contributed by atoms with Gasteiger partial charge in [0, 0.05) is 0 Å². The van der Waals surface area contributed by atoms with E-state index in [0.29, 0.717) is 8.27 Å². The van der Waals surface area contributed by atoms with Crippen molar-refractivity contribution in [3.05, 3.63) is 0 Å². The van der Waals surface area contributed by atoms with Gasteiger partial charge in [0.1, 0.15) is 0 Å². The molecule has 0 fully saturated rings. The molecule has 0 aliphatic heterocycles. The minimum atomic E-state index is 0.408. The van der Waals surface area contributed by atoms with Crippen LogP contribution in [-0.4, -0.2) is 12.8 Å². The second-order valence-corrected chi connectivity index (χ2v) is 7.74. The second kappa shape index (κ2) is 8.86. The fourth-order valence-electron chi connectivity index (χ4n) is 0.854. The van der Waals surface area contributed by atoms with E-state index in [9.17, 15) is 0 Å². The molecule has 0 heterocycles. The second-order valence-electron chi connectivity index (χ2n) is 2.41. The van der Waals surface area contributed by atoms with Crippen LogP contribution in [0.5, 0.6) is 0 Å². The third kappa shape index (κ3) is 8.86. The topological polar surface area (TPSA) is 0 Å². The van der Waals surface area contributed by atoms with Crippen LogP contribution in [0, 0.1) is 0 Å². The van der Waals surface area contributed by atoms with Crippen LogP contribution in [0.3, 0.4) is 0 Å². The summed E-state index contributed by atoms with van der Waals surface area (Å²) in [5.74, 6) is 0. The molecular weight excluding hydrogens is 146 g/mol. The summed E-state index contributed by atoms with van der Waals surface area (Å²) in [6, 6.07) is 0. The van der Waals surface area contributed by atoms with E-state index in [2.05, 4.69) is 13.6 Å². The van der Waals surface area contributed by atoms with Crippen LogP contribution in [0.25, 0.3) is 0 Å². The number of hydrogen-bond acceptors (Lipinski definition) is 0. The quantitative estimate of drug-likeness (QED) is 0.420. The van der Waals surface area contributed by atoms with E-state index < -0.39 is 0 Å². The van der Waals surface area contributed by atoms with Crippen LogP contribution in [0.2, 0.25) is 0 Å².